The second-order valence-electron chi connectivity index (χ2n) is 2.76. The minimum atomic E-state index is -0.180. The maximum absolute atomic E-state index is 10.9. The molecule has 4 nitrogen and oxygen atoms in total. The monoisotopic (exact) mass is 163 g/mol. The molecule has 1 aromatic rings. The molecule has 12 heavy (non-hydrogen) atoms. The third kappa shape index (κ3) is 1.01. The molecular formula is C8H9N3O. The van der Waals surface area contributed by atoms with Gasteiger partial charge in [-0.1, -0.05) is 0 Å². The molecule has 0 atom stereocenters. The molecule has 0 spiro atoms. The Morgan fingerprint density at radius 1 is 1.58 bits per heavy atom. The summed E-state index contributed by atoms with van der Waals surface area (Å²) in [6.45, 7) is 2.57. The molecule has 0 aliphatic carbocycles. The molecule has 62 valence electrons. The van der Waals surface area contributed by atoms with E-state index < -0.39 is 0 Å². The van der Waals surface area contributed by atoms with Crippen LogP contribution < -0.4 is 10.6 Å². The average molecular weight is 163 g/mol. The van der Waals surface area contributed by atoms with Crippen LogP contribution in [0.5, 0.6) is 0 Å². The lowest BCUT2D eigenvalue weighted by Gasteiger charge is -2.18. The number of hydrogen-bond acceptors (Lipinski definition) is 2. The quantitative estimate of drug-likeness (QED) is 0.600. The van der Waals surface area contributed by atoms with Gasteiger partial charge in [0.15, 0.2) is 0 Å². The van der Waals surface area contributed by atoms with Crippen molar-refractivity contribution in [2.24, 2.45) is 0 Å². The van der Waals surface area contributed by atoms with E-state index >= 15 is 0 Å². The van der Waals surface area contributed by atoms with Gasteiger partial charge in [0.2, 0.25) is 0 Å². The van der Waals surface area contributed by atoms with Gasteiger partial charge in [-0.3, -0.25) is 5.32 Å². The summed E-state index contributed by atoms with van der Waals surface area (Å²) >= 11 is 0. The largest absolute Gasteiger partial charge is 0.334 e. The van der Waals surface area contributed by atoms with E-state index in [1.165, 1.54) is 0 Å². The van der Waals surface area contributed by atoms with E-state index in [0.717, 1.165) is 11.1 Å². The Morgan fingerprint density at radius 3 is 3.25 bits per heavy atom. The smallest absolute Gasteiger partial charge is 0.320 e. The Kier molecular flexibility index (Phi) is 1.46. The molecule has 0 unspecified atom stereocenters. The van der Waals surface area contributed by atoms with Crippen LogP contribution in [0.1, 0.15) is 11.1 Å². The number of anilines is 1. The molecule has 2 heterocycles. The minimum absolute atomic E-state index is 0.180. The highest BCUT2D eigenvalue weighted by molar-refractivity contribution is 5.91. The first-order valence-corrected chi connectivity index (χ1v) is 3.77. The molecular weight excluding hydrogens is 154 g/mol. The highest BCUT2D eigenvalue weighted by Crippen LogP contribution is 2.18. The van der Waals surface area contributed by atoms with Gasteiger partial charge in [-0.15, -0.1) is 0 Å². The fourth-order valence-corrected chi connectivity index (χ4v) is 1.24. The third-order valence-electron chi connectivity index (χ3n) is 1.95. The number of amides is 2. The molecule has 0 saturated heterocycles. The zero-order chi connectivity index (χ0) is 8.55. The van der Waals surface area contributed by atoms with E-state index in [-0.39, 0.29) is 6.03 Å². The van der Waals surface area contributed by atoms with Crippen molar-refractivity contribution in [2.45, 2.75) is 13.5 Å². The van der Waals surface area contributed by atoms with Crippen LogP contribution in [0.25, 0.3) is 0 Å². The van der Waals surface area contributed by atoms with Gasteiger partial charge in [-0.05, 0) is 18.6 Å². The molecule has 2 amide bonds. The lowest BCUT2D eigenvalue weighted by Crippen LogP contribution is -2.34. The van der Waals surface area contributed by atoms with Crippen molar-refractivity contribution >= 4 is 11.8 Å². The predicted octanol–water partition coefficient (Wildman–Crippen LogP) is 1.03. The normalized spacial score (nSPS) is 14.6. The van der Waals surface area contributed by atoms with Gasteiger partial charge in [-0.2, -0.15) is 0 Å². The Bertz CT molecular complexity index is 335. The maximum Gasteiger partial charge on any atom is 0.320 e. The molecule has 1 aliphatic heterocycles. The topological polar surface area (TPSA) is 54.0 Å². The molecule has 0 radical (unpaired) electrons. The van der Waals surface area contributed by atoms with Crippen molar-refractivity contribution < 1.29 is 4.79 Å². The molecule has 0 saturated carbocycles. The van der Waals surface area contributed by atoms with E-state index in [0.29, 0.717) is 12.4 Å². The number of urea groups is 1. The zero-order valence-electron chi connectivity index (χ0n) is 6.72. The fraction of sp³-hybridized carbons (Fsp3) is 0.250. The lowest BCUT2D eigenvalue weighted by molar-refractivity contribution is 0.250. The molecule has 0 aromatic carbocycles. The molecule has 1 aliphatic rings. The van der Waals surface area contributed by atoms with Crippen molar-refractivity contribution in [3.05, 3.63) is 23.4 Å². The van der Waals surface area contributed by atoms with Gasteiger partial charge in [0.25, 0.3) is 0 Å². The number of nitrogens with zero attached hydrogens (tertiary/aromatic N) is 1. The predicted molar refractivity (Wildman–Crippen MR) is 44.8 cm³/mol. The SMILES string of the molecule is Cc1ccnc2c1CNC(=O)N2. The average Bonchev–Trinajstić information content (AvgIpc) is 2.04. The van der Waals surface area contributed by atoms with Crippen LogP contribution in [0.3, 0.4) is 0 Å². The van der Waals surface area contributed by atoms with Crippen LogP contribution in [0, 0.1) is 6.92 Å². The molecule has 2 N–H and O–H groups in total. The zero-order valence-corrected chi connectivity index (χ0v) is 6.72. The van der Waals surface area contributed by atoms with Crippen LogP contribution in [0.4, 0.5) is 10.6 Å². The number of hydrogen-bond donors (Lipinski definition) is 2. The number of pyridine rings is 1. The van der Waals surface area contributed by atoms with Gasteiger partial charge in [0, 0.05) is 18.3 Å². The molecule has 0 bridgehead atoms. The van der Waals surface area contributed by atoms with Gasteiger partial charge in [-0.25, -0.2) is 9.78 Å². The number of fused-ring (bicyclic) bond motifs is 1. The van der Waals surface area contributed by atoms with Crippen LogP contribution in [-0.4, -0.2) is 11.0 Å². The molecule has 0 fully saturated rings. The summed E-state index contributed by atoms with van der Waals surface area (Å²) in [6, 6.07) is 1.75. The summed E-state index contributed by atoms with van der Waals surface area (Å²) < 4.78 is 0. The lowest BCUT2D eigenvalue weighted by atomic mass is 10.1. The summed E-state index contributed by atoms with van der Waals surface area (Å²) in [5.41, 5.74) is 2.21. The first-order valence-electron chi connectivity index (χ1n) is 3.77. The van der Waals surface area contributed by atoms with Crippen LogP contribution in [0.2, 0.25) is 0 Å². The Balaban J connectivity index is 2.48. The molecule has 1 aromatic heterocycles. The first kappa shape index (κ1) is 7.09. The maximum atomic E-state index is 10.9. The van der Waals surface area contributed by atoms with Gasteiger partial charge in [0.1, 0.15) is 5.82 Å². The van der Waals surface area contributed by atoms with Gasteiger partial charge < -0.3 is 5.32 Å². The van der Waals surface area contributed by atoms with E-state index in [4.69, 9.17) is 0 Å². The van der Waals surface area contributed by atoms with Crippen LogP contribution in [0.15, 0.2) is 12.3 Å². The number of carbonyl (C=O) groups excluding carboxylic acids is 1. The third-order valence-corrected chi connectivity index (χ3v) is 1.95. The Hall–Kier alpha value is -1.58. The highest BCUT2D eigenvalue weighted by Gasteiger charge is 2.15. The highest BCUT2D eigenvalue weighted by atomic mass is 16.2. The summed E-state index contributed by atoms with van der Waals surface area (Å²) in [5.74, 6) is 0.679. The van der Waals surface area contributed by atoms with Gasteiger partial charge >= 0.3 is 6.03 Å². The van der Waals surface area contributed by atoms with Crippen LogP contribution in [-0.2, 0) is 6.54 Å². The first-order chi connectivity index (χ1) is 5.77. The fourth-order valence-electron chi connectivity index (χ4n) is 1.24. The van der Waals surface area contributed by atoms with Crippen molar-refractivity contribution in [1.82, 2.24) is 10.3 Å². The van der Waals surface area contributed by atoms with Crippen molar-refractivity contribution in [3.63, 3.8) is 0 Å². The summed E-state index contributed by atoms with van der Waals surface area (Å²) in [6.07, 6.45) is 1.69. The summed E-state index contributed by atoms with van der Waals surface area (Å²) in [5, 5.41) is 5.33. The van der Waals surface area contributed by atoms with E-state index in [2.05, 4.69) is 15.6 Å². The molecule has 4 heteroatoms. The minimum Gasteiger partial charge on any atom is -0.334 e. The Labute approximate surface area is 70.0 Å². The molecule has 2 rings (SSSR count). The summed E-state index contributed by atoms with van der Waals surface area (Å²) in [7, 11) is 0. The van der Waals surface area contributed by atoms with E-state index in [1.807, 2.05) is 13.0 Å². The second-order valence-corrected chi connectivity index (χ2v) is 2.76. The van der Waals surface area contributed by atoms with E-state index in [1.54, 1.807) is 6.20 Å². The van der Waals surface area contributed by atoms with Gasteiger partial charge in [0.05, 0.1) is 0 Å². The number of aromatic nitrogens is 1. The summed E-state index contributed by atoms with van der Waals surface area (Å²) in [4.78, 5) is 14.9. The number of nitrogens with one attached hydrogen (secondary N) is 2. The number of carbonyl (C=O) groups is 1. The van der Waals surface area contributed by atoms with Crippen molar-refractivity contribution in [1.29, 1.82) is 0 Å². The number of rotatable bonds is 0. The van der Waals surface area contributed by atoms with E-state index in [9.17, 15) is 4.79 Å². The number of aryl methyl sites for hydroxylation is 1. The van der Waals surface area contributed by atoms with Crippen LogP contribution >= 0.6 is 0 Å². The second kappa shape index (κ2) is 2.48. The van der Waals surface area contributed by atoms with Crippen molar-refractivity contribution in [2.75, 3.05) is 5.32 Å². The standard InChI is InChI=1S/C8H9N3O/c1-5-2-3-9-7-6(5)4-10-8(12)11-7/h2-3H,4H2,1H3,(H2,9,10,11,12). The Morgan fingerprint density at radius 2 is 2.42 bits per heavy atom. The van der Waals surface area contributed by atoms with Crippen molar-refractivity contribution in [3.8, 4) is 0 Å².